The molecule has 0 fully saturated rings. The number of amides is 1. The summed E-state index contributed by atoms with van der Waals surface area (Å²) in [5.74, 6) is 0.419. The maximum Gasteiger partial charge on any atom is 0.270 e. The predicted molar refractivity (Wildman–Crippen MR) is 84.6 cm³/mol. The molecule has 0 radical (unpaired) electrons. The van der Waals surface area contributed by atoms with E-state index in [1.807, 2.05) is 30.3 Å². The molecule has 0 saturated carbocycles. The summed E-state index contributed by atoms with van der Waals surface area (Å²) in [5, 5.41) is 5.98. The van der Waals surface area contributed by atoms with E-state index in [1.54, 1.807) is 13.2 Å². The van der Waals surface area contributed by atoms with Crippen LogP contribution in [0, 0.1) is 0 Å². The van der Waals surface area contributed by atoms with Gasteiger partial charge in [-0.05, 0) is 12.0 Å². The van der Waals surface area contributed by atoms with Crippen LogP contribution < -0.4 is 10.6 Å². The standard InChI is InChI=1S/C16H20N4O2/c1-22-9-5-8-17-16(21)14-10-15(20-12-19-14)18-11-13-6-3-2-4-7-13/h2-4,6-7,10,12H,5,8-9,11H2,1H3,(H,17,21)(H,18,19,20). The molecule has 1 aromatic heterocycles. The number of ether oxygens (including phenoxy) is 1. The number of carbonyl (C=O) groups excluding carboxylic acids is 1. The Hall–Kier alpha value is -2.47. The van der Waals surface area contributed by atoms with Crippen molar-refractivity contribution in [1.82, 2.24) is 15.3 Å². The molecule has 0 spiro atoms. The number of aromatic nitrogens is 2. The first kappa shape index (κ1) is 15.9. The second-order valence-corrected chi connectivity index (χ2v) is 4.73. The average Bonchev–Trinajstić information content (AvgIpc) is 2.58. The second-order valence-electron chi connectivity index (χ2n) is 4.73. The van der Waals surface area contributed by atoms with Gasteiger partial charge in [0.15, 0.2) is 0 Å². The molecule has 1 amide bonds. The van der Waals surface area contributed by atoms with Crippen LogP contribution >= 0.6 is 0 Å². The van der Waals surface area contributed by atoms with Crippen LogP contribution in [0.5, 0.6) is 0 Å². The highest BCUT2D eigenvalue weighted by Crippen LogP contribution is 2.07. The van der Waals surface area contributed by atoms with E-state index >= 15 is 0 Å². The van der Waals surface area contributed by atoms with Crippen molar-refractivity contribution in [1.29, 1.82) is 0 Å². The minimum Gasteiger partial charge on any atom is -0.385 e. The van der Waals surface area contributed by atoms with Gasteiger partial charge < -0.3 is 15.4 Å². The van der Waals surface area contributed by atoms with E-state index in [1.165, 1.54) is 6.33 Å². The van der Waals surface area contributed by atoms with Gasteiger partial charge in [0.05, 0.1) is 0 Å². The number of methoxy groups -OCH3 is 1. The van der Waals surface area contributed by atoms with Crippen molar-refractivity contribution in [3.8, 4) is 0 Å². The van der Waals surface area contributed by atoms with Crippen molar-refractivity contribution in [3.05, 3.63) is 54.0 Å². The molecular weight excluding hydrogens is 280 g/mol. The molecule has 22 heavy (non-hydrogen) atoms. The van der Waals surface area contributed by atoms with Crippen LogP contribution in [-0.4, -0.2) is 36.1 Å². The first-order valence-electron chi connectivity index (χ1n) is 7.16. The lowest BCUT2D eigenvalue weighted by molar-refractivity contribution is 0.0943. The summed E-state index contributed by atoms with van der Waals surface area (Å²) < 4.78 is 4.94. The third-order valence-electron chi connectivity index (χ3n) is 3.03. The maximum atomic E-state index is 12.0. The lowest BCUT2D eigenvalue weighted by atomic mass is 10.2. The number of hydrogen-bond donors (Lipinski definition) is 2. The van der Waals surface area contributed by atoms with Gasteiger partial charge in [-0.25, -0.2) is 9.97 Å². The summed E-state index contributed by atoms with van der Waals surface area (Å²) in [6.07, 6.45) is 2.16. The number of nitrogens with zero attached hydrogens (tertiary/aromatic N) is 2. The number of anilines is 1. The molecule has 6 heteroatoms. The van der Waals surface area contributed by atoms with Gasteiger partial charge in [0.1, 0.15) is 17.8 Å². The van der Waals surface area contributed by atoms with E-state index in [4.69, 9.17) is 4.74 Å². The molecule has 2 N–H and O–H groups in total. The molecule has 0 aliphatic heterocycles. The molecule has 6 nitrogen and oxygen atoms in total. The molecule has 0 unspecified atom stereocenters. The quantitative estimate of drug-likeness (QED) is 0.728. The monoisotopic (exact) mass is 300 g/mol. The smallest absolute Gasteiger partial charge is 0.270 e. The van der Waals surface area contributed by atoms with E-state index in [0.29, 0.717) is 31.2 Å². The minimum atomic E-state index is -0.207. The van der Waals surface area contributed by atoms with E-state index in [-0.39, 0.29) is 5.91 Å². The molecule has 0 atom stereocenters. The van der Waals surface area contributed by atoms with E-state index in [0.717, 1.165) is 12.0 Å². The lowest BCUT2D eigenvalue weighted by Gasteiger charge is -2.07. The second kappa shape index (κ2) is 8.74. The Kier molecular flexibility index (Phi) is 6.32. The molecule has 0 aliphatic carbocycles. The Morgan fingerprint density at radius 3 is 2.82 bits per heavy atom. The summed E-state index contributed by atoms with van der Waals surface area (Å²) >= 11 is 0. The normalized spacial score (nSPS) is 10.2. The topological polar surface area (TPSA) is 76.1 Å². The van der Waals surface area contributed by atoms with Crippen molar-refractivity contribution in [2.24, 2.45) is 0 Å². The van der Waals surface area contributed by atoms with Gasteiger partial charge in [0, 0.05) is 32.9 Å². The van der Waals surface area contributed by atoms with Gasteiger partial charge in [-0.15, -0.1) is 0 Å². The lowest BCUT2D eigenvalue weighted by Crippen LogP contribution is -2.26. The molecule has 0 saturated heterocycles. The molecule has 0 aliphatic rings. The number of benzene rings is 1. The minimum absolute atomic E-state index is 0.207. The van der Waals surface area contributed by atoms with Crippen molar-refractivity contribution >= 4 is 11.7 Å². The summed E-state index contributed by atoms with van der Waals surface area (Å²) in [6, 6.07) is 11.6. The van der Waals surface area contributed by atoms with Gasteiger partial charge in [-0.3, -0.25) is 4.79 Å². The first-order valence-corrected chi connectivity index (χ1v) is 7.16. The average molecular weight is 300 g/mol. The first-order chi connectivity index (χ1) is 10.8. The third kappa shape index (κ3) is 5.14. The molecule has 0 bridgehead atoms. The fraction of sp³-hybridized carbons (Fsp3) is 0.312. The van der Waals surface area contributed by atoms with Crippen molar-refractivity contribution in [2.45, 2.75) is 13.0 Å². The number of hydrogen-bond acceptors (Lipinski definition) is 5. The third-order valence-corrected chi connectivity index (χ3v) is 3.03. The zero-order chi connectivity index (χ0) is 15.6. The predicted octanol–water partition coefficient (Wildman–Crippen LogP) is 1.85. The van der Waals surface area contributed by atoms with E-state index in [9.17, 15) is 4.79 Å². The van der Waals surface area contributed by atoms with Gasteiger partial charge in [-0.1, -0.05) is 30.3 Å². The van der Waals surface area contributed by atoms with Gasteiger partial charge >= 0.3 is 0 Å². The Morgan fingerprint density at radius 2 is 2.05 bits per heavy atom. The van der Waals surface area contributed by atoms with E-state index in [2.05, 4.69) is 20.6 Å². The summed E-state index contributed by atoms with van der Waals surface area (Å²) in [5.41, 5.74) is 1.50. The Morgan fingerprint density at radius 1 is 1.23 bits per heavy atom. The van der Waals surface area contributed by atoms with Crippen molar-refractivity contribution < 1.29 is 9.53 Å². The molecular formula is C16H20N4O2. The fourth-order valence-electron chi connectivity index (χ4n) is 1.88. The van der Waals surface area contributed by atoms with E-state index < -0.39 is 0 Å². The highest BCUT2D eigenvalue weighted by atomic mass is 16.5. The highest BCUT2D eigenvalue weighted by molar-refractivity contribution is 5.92. The summed E-state index contributed by atoms with van der Waals surface area (Å²) in [6.45, 7) is 1.82. The SMILES string of the molecule is COCCCNC(=O)c1cc(NCc2ccccc2)ncn1. The van der Waals surface area contributed by atoms with Crippen LogP contribution in [0.2, 0.25) is 0 Å². The van der Waals surface area contributed by atoms with Crippen molar-refractivity contribution in [3.63, 3.8) is 0 Å². The molecule has 2 rings (SSSR count). The van der Waals surface area contributed by atoms with Crippen LogP contribution in [0.1, 0.15) is 22.5 Å². The van der Waals surface area contributed by atoms with Crippen molar-refractivity contribution in [2.75, 3.05) is 25.6 Å². The number of rotatable bonds is 8. The summed E-state index contributed by atoms with van der Waals surface area (Å²) in [7, 11) is 1.64. The zero-order valence-corrected chi connectivity index (χ0v) is 12.6. The van der Waals surface area contributed by atoms with Gasteiger partial charge in [0.2, 0.25) is 0 Å². The Balaban J connectivity index is 1.87. The van der Waals surface area contributed by atoms with Crippen LogP contribution in [0.15, 0.2) is 42.7 Å². The van der Waals surface area contributed by atoms with Gasteiger partial charge in [-0.2, -0.15) is 0 Å². The van der Waals surface area contributed by atoms with Crippen LogP contribution in [0.25, 0.3) is 0 Å². The Labute approximate surface area is 129 Å². The van der Waals surface area contributed by atoms with Crippen LogP contribution in [-0.2, 0) is 11.3 Å². The summed E-state index contributed by atoms with van der Waals surface area (Å²) in [4.78, 5) is 20.1. The highest BCUT2D eigenvalue weighted by Gasteiger charge is 2.07. The Bertz CT molecular complexity index is 590. The van der Waals surface area contributed by atoms with Crippen LogP contribution in [0.3, 0.4) is 0 Å². The molecule has 1 aromatic carbocycles. The zero-order valence-electron chi connectivity index (χ0n) is 12.6. The maximum absolute atomic E-state index is 12.0. The molecule has 116 valence electrons. The fourth-order valence-corrected chi connectivity index (χ4v) is 1.88. The molecule has 2 aromatic rings. The molecule has 1 heterocycles. The van der Waals surface area contributed by atoms with Crippen LogP contribution in [0.4, 0.5) is 5.82 Å². The largest absolute Gasteiger partial charge is 0.385 e. The number of carbonyl (C=O) groups is 1. The number of nitrogens with one attached hydrogen (secondary N) is 2. The van der Waals surface area contributed by atoms with Gasteiger partial charge in [0.25, 0.3) is 5.91 Å².